The summed E-state index contributed by atoms with van der Waals surface area (Å²) in [5, 5.41) is 11.5. The molecule has 1 aliphatic rings. The molecule has 0 saturated heterocycles. The molecular formula is C37H40N2O4. The Morgan fingerprint density at radius 3 is 1.47 bits per heavy atom. The maximum atomic E-state index is 6.56. The summed E-state index contributed by atoms with van der Waals surface area (Å²) in [6.45, 7) is 6.61. The van der Waals surface area contributed by atoms with Gasteiger partial charge in [-0.05, 0) is 39.2 Å². The van der Waals surface area contributed by atoms with Crippen LogP contribution >= 0.6 is 0 Å². The van der Waals surface area contributed by atoms with E-state index in [0.29, 0.717) is 39.6 Å². The van der Waals surface area contributed by atoms with Gasteiger partial charge in [-0.3, -0.25) is 0 Å². The summed E-state index contributed by atoms with van der Waals surface area (Å²) < 4.78 is 24.9. The molecule has 0 amide bonds. The van der Waals surface area contributed by atoms with Crippen molar-refractivity contribution in [2.75, 3.05) is 65.8 Å². The molecule has 6 nitrogen and oxygen atoms in total. The molecule has 0 radical (unpaired) electrons. The van der Waals surface area contributed by atoms with Crippen LogP contribution in [0.1, 0.15) is 22.6 Å². The highest BCUT2D eigenvalue weighted by Crippen LogP contribution is 2.47. The second kappa shape index (κ2) is 15.0. The van der Waals surface area contributed by atoms with Gasteiger partial charge in [0.2, 0.25) is 0 Å². The van der Waals surface area contributed by atoms with Crippen molar-refractivity contribution in [3.05, 3.63) is 120 Å². The van der Waals surface area contributed by atoms with Crippen molar-refractivity contribution in [3.8, 4) is 11.5 Å². The molecule has 0 saturated carbocycles. The summed E-state index contributed by atoms with van der Waals surface area (Å²) in [6, 6.07) is 36.3. The topological polar surface area (TPSA) is 61.0 Å². The van der Waals surface area contributed by atoms with Crippen LogP contribution < -0.4 is 20.1 Å². The second-order valence-corrected chi connectivity index (χ2v) is 10.7. The van der Waals surface area contributed by atoms with Gasteiger partial charge in [-0.2, -0.15) is 0 Å². The minimum Gasteiger partial charge on any atom is -0.491 e. The average Bonchev–Trinajstić information content (AvgIpc) is 3.06. The van der Waals surface area contributed by atoms with Crippen molar-refractivity contribution < 1.29 is 18.9 Å². The van der Waals surface area contributed by atoms with Crippen LogP contribution in [-0.4, -0.2) is 65.8 Å². The predicted molar refractivity (Wildman–Crippen MR) is 174 cm³/mol. The predicted octanol–water partition coefficient (Wildman–Crippen LogP) is 6.16. The molecule has 222 valence electrons. The first kappa shape index (κ1) is 29.1. The van der Waals surface area contributed by atoms with E-state index < -0.39 is 0 Å². The van der Waals surface area contributed by atoms with E-state index in [1.165, 1.54) is 16.3 Å². The van der Waals surface area contributed by atoms with Gasteiger partial charge in [-0.1, -0.05) is 91.0 Å². The molecule has 6 rings (SSSR count). The Balaban J connectivity index is 1.50. The maximum absolute atomic E-state index is 6.56. The SMILES string of the molecule is c1ccc(C2c3c(ccc4ccccc34)OCCOCCNCCNCCOCCOc3ccc4ccccc4c32)cc1. The van der Waals surface area contributed by atoms with Gasteiger partial charge in [-0.15, -0.1) is 0 Å². The fourth-order valence-corrected chi connectivity index (χ4v) is 5.86. The van der Waals surface area contributed by atoms with Gasteiger partial charge in [0, 0.05) is 43.2 Å². The van der Waals surface area contributed by atoms with Crippen LogP contribution in [0.25, 0.3) is 21.5 Å². The number of hydrogen-bond donors (Lipinski definition) is 2. The molecule has 2 N–H and O–H groups in total. The first-order chi connectivity index (χ1) is 21.4. The molecule has 0 bridgehead atoms. The highest BCUT2D eigenvalue weighted by molar-refractivity contribution is 5.93. The van der Waals surface area contributed by atoms with Gasteiger partial charge >= 0.3 is 0 Å². The molecule has 0 unspecified atom stereocenters. The summed E-state index contributed by atoms with van der Waals surface area (Å²) in [7, 11) is 0. The van der Waals surface area contributed by atoms with Gasteiger partial charge in [0.15, 0.2) is 0 Å². The number of rotatable bonds is 1. The van der Waals surface area contributed by atoms with Crippen molar-refractivity contribution in [1.29, 1.82) is 0 Å². The standard InChI is InChI=1S/C37H40N2O4/c1-2-10-30(11-3-1)35-36-31-12-6-4-8-28(31)14-16-33(36)42-26-24-40-22-20-38-18-19-39-21-23-41-25-27-43-34-17-15-29-9-5-7-13-32(29)37(34)35/h1-17,35,38-39H,18-27H2. The third-order valence-electron chi connectivity index (χ3n) is 7.87. The third-order valence-corrected chi connectivity index (χ3v) is 7.87. The van der Waals surface area contributed by atoms with Crippen molar-refractivity contribution in [3.63, 3.8) is 0 Å². The molecular weight excluding hydrogens is 536 g/mol. The van der Waals surface area contributed by atoms with Crippen LogP contribution in [0.15, 0.2) is 103 Å². The molecule has 0 aliphatic carbocycles. The molecule has 0 atom stereocenters. The monoisotopic (exact) mass is 576 g/mol. The number of benzene rings is 5. The Kier molecular flexibility index (Phi) is 10.2. The van der Waals surface area contributed by atoms with E-state index in [0.717, 1.165) is 59.6 Å². The van der Waals surface area contributed by atoms with Crippen LogP contribution in [0.4, 0.5) is 0 Å². The zero-order chi connectivity index (χ0) is 29.1. The minimum atomic E-state index is -0.146. The smallest absolute Gasteiger partial charge is 0.124 e. The summed E-state index contributed by atoms with van der Waals surface area (Å²) >= 11 is 0. The van der Waals surface area contributed by atoms with E-state index in [-0.39, 0.29) is 5.92 Å². The Bertz CT molecular complexity index is 1510. The number of fused-ring (bicyclic) bond motifs is 6. The van der Waals surface area contributed by atoms with Crippen molar-refractivity contribution in [2.45, 2.75) is 5.92 Å². The molecule has 0 fully saturated rings. The van der Waals surface area contributed by atoms with Crippen LogP contribution in [0.2, 0.25) is 0 Å². The summed E-state index contributed by atoms with van der Waals surface area (Å²) in [6.07, 6.45) is 0. The van der Waals surface area contributed by atoms with Crippen molar-refractivity contribution in [2.24, 2.45) is 0 Å². The van der Waals surface area contributed by atoms with Gasteiger partial charge < -0.3 is 29.6 Å². The van der Waals surface area contributed by atoms with Crippen LogP contribution in [0.3, 0.4) is 0 Å². The maximum Gasteiger partial charge on any atom is 0.124 e. The van der Waals surface area contributed by atoms with E-state index in [2.05, 4.69) is 114 Å². The van der Waals surface area contributed by atoms with E-state index in [1.54, 1.807) is 0 Å². The van der Waals surface area contributed by atoms with Crippen LogP contribution in [-0.2, 0) is 9.47 Å². The Morgan fingerprint density at radius 2 is 0.930 bits per heavy atom. The van der Waals surface area contributed by atoms with E-state index in [9.17, 15) is 0 Å². The lowest BCUT2D eigenvalue weighted by molar-refractivity contribution is 0.100. The number of hydrogen-bond acceptors (Lipinski definition) is 6. The second-order valence-electron chi connectivity index (χ2n) is 10.7. The molecule has 0 aromatic heterocycles. The lowest BCUT2D eigenvalue weighted by atomic mass is 9.80. The Morgan fingerprint density at radius 1 is 0.442 bits per heavy atom. The first-order valence-corrected chi connectivity index (χ1v) is 15.3. The van der Waals surface area contributed by atoms with E-state index in [1.807, 2.05) is 0 Å². The number of nitrogens with one attached hydrogen (secondary N) is 2. The van der Waals surface area contributed by atoms with Gasteiger partial charge in [0.05, 0.1) is 26.4 Å². The van der Waals surface area contributed by atoms with E-state index in [4.69, 9.17) is 18.9 Å². The van der Waals surface area contributed by atoms with Crippen molar-refractivity contribution in [1.82, 2.24) is 10.6 Å². The molecule has 43 heavy (non-hydrogen) atoms. The van der Waals surface area contributed by atoms with E-state index >= 15 is 0 Å². The Hall–Kier alpha value is -3.94. The molecule has 6 heteroatoms. The lowest BCUT2D eigenvalue weighted by Gasteiger charge is -2.27. The normalized spacial score (nSPS) is 16.7. The zero-order valence-corrected chi connectivity index (χ0v) is 24.6. The fraction of sp³-hybridized carbons (Fsp3) is 0.297. The highest BCUT2D eigenvalue weighted by atomic mass is 16.5. The van der Waals surface area contributed by atoms with Gasteiger partial charge in [-0.25, -0.2) is 0 Å². The summed E-state index contributed by atoms with van der Waals surface area (Å²) in [5.74, 6) is 1.56. The van der Waals surface area contributed by atoms with Crippen LogP contribution in [0.5, 0.6) is 11.5 Å². The summed E-state index contributed by atoms with van der Waals surface area (Å²) in [5.41, 5.74) is 3.42. The van der Waals surface area contributed by atoms with Gasteiger partial charge in [0.25, 0.3) is 0 Å². The van der Waals surface area contributed by atoms with Gasteiger partial charge in [0.1, 0.15) is 24.7 Å². The van der Waals surface area contributed by atoms with Crippen molar-refractivity contribution >= 4 is 21.5 Å². The zero-order valence-electron chi connectivity index (χ0n) is 24.6. The first-order valence-electron chi connectivity index (χ1n) is 15.3. The molecule has 0 spiro atoms. The largest absolute Gasteiger partial charge is 0.491 e. The molecule has 5 aromatic carbocycles. The fourth-order valence-electron chi connectivity index (χ4n) is 5.86. The third kappa shape index (κ3) is 7.17. The number of ether oxygens (including phenoxy) is 4. The molecule has 5 aromatic rings. The average molecular weight is 577 g/mol. The highest BCUT2D eigenvalue weighted by Gasteiger charge is 2.28. The molecule has 1 heterocycles. The Labute approximate surface area is 253 Å². The quantitative estimate of drug-likeness (QED) is 0.249. The minimum absolute atomic E-state index is 0.146. The molecule has 1 aliphatic heterocycles. The lowest BCUT2D eigenvalue weighted by Crippen LogP contribution is -2.31. The summed E-state index contributed by atoms with van der Waals surface area (Å²) in [4.78, 5) is 0. The van der Waals surface area contributed by atoms with Crippen LogP contribution in [0, 0.1) is 0 Å².